The van der Waals surface area contributed by atoms with Gasteiger partial charge in [0, 0.05) is 36.1 Å². The van der Waals surface area contributed by atoms with Gasteiger partial charge in [-0.25, -0.2) is 4.98 Å². The third-order valence-electron chi connectivity index (χ3n) is 6.96. The van der Waals surface area contributed by atoms with Crippen LogP contribution in [0.25, 0.3) is 0 Å². The molecule has 1 amide bonds. The first-order chi connectivity index (χ1) is 20.0. The molecule has 1 N–H and O–H groups in total. The van der Waals surface area contributed by atoms with E-state index < -0.39 is 0 Å². The number of rotatable bonds is 13. The van der Waals surface area contributed by atoms with E-state index in [-0.39, 0.29) is 18.7 Å². The zero-order valence-corrected chi connectivity index (χ0v) is 24.4. The molecule has 214 valence electrons. The Labute approximate surface area is 244 Å². The zero-order valence-electron chi connectivity index (χ0n) is 23.6. The van der Waals surface area contributed by atoms with Crippen LogP contribution < -0.4 is 24.3 Å². The van der Waals surface area contributed by atoms with Crippen molar-refractivity contribution in [2.75, 3.05) is 21.0 Å². The molecule has 5 rings (SSSR count). The van der Waals surface area contributed by atoms with E-state index in [1.54, 1.807) is 14.2 Å². The number of carbonyl (C=O) groups is 1. The number of hydrogen-bond donors (Lipinski definition) is 1. The van der Waals surface area contributed by atoms with Crippen LogP contribution in [0.2, 0.25) is 0 Å². The highest BCUT2D eigenvalue weighted by Gasteiger charge is 2.19. The van der Waals surface area contributed by atoms with Crippen molar-refractivity contribution in [3.05, 3.63) is 99.5 Å². The Morgan fingerprint density at radius 3 is 2.61 bits per heavy atom. The van der Waals surface area contributed by atoms with Gasteiger partial charge in [-0.05, 0) is 49.1 Å². The van der Waals surface area contributed by atoms with Crippen LogP contribution in [0.4, 0.5) is 0 Å². The van der Waals surface area contributed by atoms with E-state index in [2.05, 4.69) is 22.3 Å². The van der Waals surface area contributed by atoms with Crippen molar-refractivity contribution in [3.63, 3.8) is 0 Å². The van der Waals surface area contributed by atoms with Crippen molar-refractivity contribution in [1.82, 2.24) is 15.2 Å². The monoisotopic (exact) mass is 573 g/mol. The number of nitrogens with zero attached hydrogens (tertiary/aromatic N) is 2. The molecule has 1 aromatic heterocycles. The quantitative estimate of drug-likeness (QED) is 0.215. The number of benzene rings is 3. The SMILES string of the molecule is COc1ccc(CN(Cc2ccc3c(c2)OCO3)Cc2nc(C(=O)NC(C)CCc3ccccc3)cs2)c(OC)c1. The molecule has 1 atom stereocenters. The number of methoxy groups -OCH3 is 2. The molecule has 0 fully saturated rings. The van der Waals surface area contributed by atoms with Crippen LogP contribution in [0, 0.1) is 0 Å². The van der Waals surface area contributed by atoms with Crippen molar-refractivity contribution < 1.29 is 23.7 Å². The number of amides is 1. The van der Waals surface area contributed by atoms with E-state index >= 15 is 0 Å². The minimum absolute atomic E-state index is 0.0397. The van der Waals surface area contributed by atoms with Gasteiger partial charge in [-0.2, -0.15) is 0 Å². The molecule has 0 aliphatic carbocycles. The molecule has 1 aliphatic rings. The fraction of sp³-hybridized carbons (Fsp3) is 0.312. The molecule has 0 radical (unpaired) electrons. The van der Waals surface area contributed by atoms with Crippen LogP contribution >= 0.6 is 11.3 Å². The van der Waals surface area contributed by atoms with E-state index in [1.165, 1.54) is 16.9 Å². The molecule has 1 aliphatic heterocycles. The lowest BCUT2D eigenvalue weighted by molar-refractivity contribution is 0.0933. The maximum atomic E-state index is 13.0. The smallest absolute Gasteiger partial charge is 0.270 e. The molecule has 4 aromatic rings. The second-order valence-corrected chi connectivity index (χ2v) is 11.0. The lowest BCUT2D eigenvalue weighted by Gasteiger charge is -2.23. The molecule has 0 bridgehead atoms. The summed E-state index contributed by atoms with van der Waals surface area (Å²) < 4.78 is 22.1. The van der Waals surface area contributed by atoms with Gasteiger partial charge in [-0.3, -0.25) is 9.69 Å². The minimum atomic E-state index is -0.146. The number of carbonyl (C=O) groups excluding carboxylic acids is 1. The summed E-state index contributed by atoms with van der Waals surface area (Å²) in [6, 6.07) is 22.2. The normalized spacial score (nSPS) is 12.8. The molecule has 9 heteroatoms. The van der Waals surface area contributed by atoms with Crippen LogP contribution in [0.3, 0.4) is 0 Å². The third kappa shape index (κ3) is 7.56. The zero-order chi connectivity index (χ0) is 28.6. The minimum Gasteiger partial charge on any atom is -0.497 e. The van der Waals surface area contributed by atoms with Gasteiger partial charge in [0.2, 0.25) is 6.79 Å². The molecule has 3 aromatic carbocycles. The molecule has 8 nitrogen and oxygen atoms in total. The van der Waals surface area contributed by atoms with E-state index in [0.717, 1.165) is 52.0 Å². The highest BCUT2D eigenvalue weighted by molar-refractivity contribution is 7.09. The molecule has 0 spiro atoms. The predicted octanol–water partition coefficient (Wildman–Crippen LogP) is 5.84. The molecule has 41 heavy (non-hydrogen) atoms. The van der Waals surface area contributed by atoms with Crippen LogP contribution in [0.1, 0.15) is 45.5 Å². The summed E-state index contributed by atoms with van der Waals surface area (Å²) in [6.07, 6.45) is 1.77. The third-order valence-corrected chi connectivity index (χ3v) is 7.79. The van der Waals surface area contributed by atoms with Crippen molar-refractivity contribution in [3.8, 4) is 23.0 Å². The molecule has 2 heterocycles. The Balaban J connectivity index is 1.27. The van der Waals surface area contributed by atoms with E-state index in [9.17, 15) is 4.79 Å². The van der Waals surface area contributed by atoms with Crippen molar-refractivity contribution in [2.24, 2.45) is 0 Å². The van der Waals surface area contributed by atoms with Gasteiger partial charge in [0.1, 0.15) is 22.2 Å². The largest absolute Gasteiger partial charge is 0.497 e. The maximum absolute atomic E-state index is 13.0. The Bertz CT molecular complexity index is 1460. The second kappa shape index (κ2) is 13.5. The topological polar surface area (TPSA) is 82.2 Å². The van der Waals surface area contributed by atoms with E-state index in [4.69, 9.17) is 23.9 Å². The van der Waals surface area contributed by atoms with Crippen molar-refractivity contribution in [2.45, 2.75) is 45.4 Å². The summed E-state index contributed by atoms with van der Waals surface area (Å²) in [6.45, 7) is 4.08. The van der Waals surface area contributed by atoms with Gasteiger partial charge in [0.25, 0.3) is 5.91 Å². The van der Waals surface area contributed by atoms with E-state index in [1.807, 2.05) is 66.9 Å². The van der Waals surface area contributed by atoms with Gasteiger partial charge in [-0.1, -0.05) is 42.5 Å². The second-order valence-electron chi connectivity index (χ2n) is 10.0. The van der Waals surface area contributed by atoms with Crippen LogP contribution in [-0.4, -0.2) is 42.8 Å². The van der Waals surface area contributed by atoms with Crippen molar-refractivity contribution >= 4 is 17.2 Å². The first kappa shape index (κ1) is 28.4. The summed E-state index contributed by atoms with van der Waals surface area (Å²) in [7, 11) is 3.30. The standard InChI is InChI=1S/C32H35N3O5S/c1-22(9-10-23-7-5-4-6-8-23)33-32(36)27-20-41-31(34-27)19-35(17-24-11-14-28-30(15-24)40-21-39-28)18-25-12-13-26(37-2)16-29(25)38-3/h4-8,11-16,20,22H,9-10,17-19,21H2,1-3H3,(H,33,36). The Morgan fingerprint density at radius 1 is 0.976 bits per heavy atom. The van der Waals surface area contributed by atoms with Crippen LogP contribution in [0.15, 0.2) is 72.1 Å². The lowest BCUT2D eigenvalue weighted by Crippen LogP contribution is -2.33. The number of aromatic nitrogens is 1. The predicted molar refractivity (Wildman–Crippen MR) is 159 cm³/mol. The summed E-state index contributed by atoms with van der Waals surface area (Å²) in [4.78, 5) is 19.9. The average Bonchev–Trinajstić information content (AvgIpc) is 3.66. The number of fused-ring (bicyclic) bond motifs is 1. The van der Waals surface area contributed by atoms with Crippen LogP contribution in [0.5, 0.6) is 23.0 Å². The molecular weight excluding hydrogens is 538 g/mol. The summed E-state index contributed by atoms with van der Waals surface area (Å²) in [5.41, 5.74) is 3.82. The fourth-order valence-electron chi connectivity index (χ4n) is 4.77. The van der Waals surface area contributed by atoms with Gasteiger partial charge in [-0.15, -0.1) is 11.3 Å². The molecule has 1 unspecified atom stereocenters. The number of aryl methyl sites for hydroxylation is 1. The van der Waals surface area contributed by atoms with Gasteiger partial charge >= 0.3 is 0 Å². The van der Waals surface area contributed by atoms with Gasteiger partial charge < -0.3 is 24.3 Å². The Morgan fingerprint density at radius 2 is 1.80 bits per heavy atom. The molecule has 0 saturated heterocycles. The van der Waals surface area contributed by atoms with Crippen molar-refractivity contribution in [1.29, 1.82) is 0 Å². The maximum Gasteiger partial charge on any atom is 0.270 e. The molecule has 0 saturated carbocycles. The summed E-state index contributed by atoms with van der Waals surface area (Å²) in [5, 5.41) is 5.80. The lowest BCUT2D eigenvalue weighted by atomic mass is 10.1. The van der Waals surface area contributed by atoms with Gasteiger partial charge in [0.15, 0.2) is 11.5 Å². The molecular formula is C32H35N3O5S. The summed E-state index contributed by atoms with van der Waals surface area (Å²) in [5.74, 6) is 2.85. The number of hydrogen-bond acceptors (Lipinski definition) is 8. The number of nitrogens with one attached hydrogen (secondary N) is 1. The summed E-state index contributed by atoms with van der Waals surface area (Å²) >= 11 is 1.49. The first-order valence-corrected chi connectivity index (χ1v) is 14.5. The highest BCUT2D eigenvalue weighted by Crippen LogP contribution is 2.33. The number of thiazole rings is 1. The van der Waals surface area contributed by atoms with Crippen LogP contribution in [-0.2, 0) is 26.1 Å². The Kier molecular flexibility index (Phi) is 9.38. The first-order valence-electron chi connectivity index (χ1n) is 13.6. The van der Waals surface area contributed by atoms with E-state index in [0.29, 0.717) is 25.3 Å². The fourth-order valence-corrected chi connectivity index (χ4v) is 5.58. The Hall–Kier alpha value is -4.08. The van der Waals surface area contributed by atoms with Gasteiger partial charge in [0.05, 0.1) is 20.8 Å². The average molecular weight is 574 g/mol. The number of ether oxygens (including phenoxy) is 4. The highest BCUT2D eigenvalue weighted by atomic mass is 32.1.